The lowest BCUT2D eigenvalue weighted by molar-refractivity contribution is 0.303. The predicted molar refractivity (Wildman–Crippen MR) is 68.7 cm³/mol. The van der Waals surface area contributed by atoms with E-state index in [1.165, 1.54) is 24.0 Å². The number of piperazine rings is 1. The lowest BCUT2D eigenvalue weighted by Gasteiger charge is -2.36. The summed E-state index contributed by atoms with van der Waals surface area (Å²) >= 11 is 0. The van der Waals surface area contributed by atoms with Gasteiger partial charge in [-0.25, -0.2) is 0 Å². The van der Waals surface area contributed by atoms with E-state index in [0.717, 1.165) is 19.6 Å². The molecule has 88 valence electrons. The third-order valence-electron chi connectivity index (χ3n) is 3.43. The molecule has 2 rings (SSSR count). The minimum Gasteiger partial charge on any atom is -0.313 e. The van der Waals surface area contributed by atoms with E-state index in [0.29, 0.717) is 0 Å². The molecular formula is C14H22N2. The van der Waals surface area contributed by atoms with Gasteiger partial charge in [0.2, 0.25) is 0 Å². The average Bonchev–Trinajstić information content (AvgIpc) is 2.31. The van der Waals surface area contributed by atoms with Crippen molar-refractivity contribution in [3.63, 3.8) is 0 Å². The highest BCUT2D eigenvalue weighted by molar-refractivity contribution is 5.29. The maximum absolute atomic E-state index is 3.60. The summed E-state index contributed by atoms with van der Waals surface area (Å²) in [7, 11) is 0. The molecule has 2 N–H and O–H groups in total. The number of aryl methyl sites for hydroxylation is 1. The van der Waals surface area contributed by atoms with Crippen LogP contribution in [0.4, 0.5) is 0 Å². The maximum atomic E-state index is 3.60. The molecule has 0 saturated carbocycles. The molecule has 1 aliphatic rings. The molecule has 16 heavy (non-hydrogen) atoms. The van der Waals surface area contributed by atoms with Crippen LogP contribution >= 0.6 is 0 Å². The Morgan fingerprint density at radius 1 is 1.19 bits per heavy atom. The normalized spacial score (nSPS) is 25.6. The molecule has 1 unspecified atom stereocenters. The largest absolute Gasteiger partial charge is 0.313 e. The molecule has 2 heteroatoms. The van der Waals surface area contributed by atoms with Gasteiger partial charge in [-0.05, 0) is 24.5 Å². The first-order valence-corrected chi connectivity index (χ1v) is 6.30. The van der Waals surface area contributed by atoms with Crippen molar-refractivity contribution < 1.29 is 0 Å². The fraction of sp³-hybridized carbons (Fsp3) is 0.571. The smallest absolute Gasteiger partial charge is 0.0532 e. The Morgan fingerprint density at radius 2 is 1.94 bits per heavy atom. The van der Waals surface area contributed by atoms with Crippen molar-refractivity contribution in [1.82, 2.24) is 10.6 Å². The third kappa shape index (κ3) is 2.45. The van der Waals surface area contributed by atoms with Crippen molar-refractivity contribution in [2.24, 2.45) is 0 Å². The Morgan fingerprint density at radius 3 is 2.50 bits per heavy atom. The summed E-state index contributed by atoms with van der Waals surface area (Å²) in [6.07, 6.45) is 2.40. The zero-order chi connectivity index (χ0) is 11.4. The van der Waals surface area contributed by atoms with Gasteiger partial charge in [-0.15, -0.1) is 0 Å². The van der Waals surface area contributed by atoms with E-state index in [2.05, 4.69) is 48.7 Å². The minimum absolute atomic E-state index is 0.100. The number of benzene rings is 1. The molecule has 0 radical (unpaired) electrons. The first-order valence-electron chi connectivity index (χ1n) is 6.30. The van der Waals surface area contributed by atoms with Gasteiger partial charge in [0.15, 0.2) is 0 Å². The summed E-state index contributed by atoms with van der Waals surface area (Å²) in [6, 6.07) is 9.07. The zero-order valence-electron chi connectivity index (χ0n) is 10.3. The summed E-state index contributed by atoms with van der Waals surface area (Å²) in [4.78, 5) is 0. The van der Waals surface area contributed by atoms with E-state index < -0.39 is 0 Å². The molecule has 0 aliphatic carbocycles. The Kier molecular flexibility index (Phi) is 3.62. The number of hydrogen-bond acceptors (Lipinski definition) is 2. The molecule has 1 aromatic carbocycles. The Labute approximate surface area is 98.4 Å². The fourth-order valence-corrected chi connectivity index (χ4v) is 2.36. The van der Waals surface area contributed by atoms with E-state index in [1.807, 2.05) is 0 Å². The maximum Gasteiger partial charge on any atom is 0.0532 e. The van der Waals surface area contributed by atoms with Gasteiger partial charge in [0.1, 0.15) is 0 Å². The van der Waals surface area contributed by atoms with Crippen LogP contribution in [0.5, 0.6) is 0 Å². The minimum atomic E-state index is 0.100. The summed E-state index contributed by atoms with van der Waals surface area (Å²) in [5.74, 6) is 0. The molecule has 1 heterocycles. The van der Waals surface area contributed by atoms with E-state index in [-0.39, 0.29) is 5.54 Å². The monoisotopic (exact) mass is 218 g/mol. The quantitative estimate of drug-likeness (QED) is 0.811. The summed E-state index contributed by atoms with van der Waals surface area (Å²) in [6.45, 7) is 7.63. The van der Waals surface area contributed by atoms with Crippen molar-refractivity contribution in [3.05, 3.63) is 35.4 Å². The average molecular weight is 218 g/mol. The number of hydrogen-bond donors (Lipinski definition) is 2. The van der Waals surface area contributed by atoms with Crippen LogP contribution in [-0.2, 0) is 12.0 Å². The molecule has 0 amide bonds. The van der Waals surface area contributed by atoms with Crippen LogP contribution in [0.1, 0.15) is 31.4 Å². The van der Waals surface area contributed by atoms with Crippen LogP contribution in [-0.4, -0.2) is 19.6 Å². The van der Waals surface area contributed by atoms with Crippen molar-refractivity contribution in [3.8, 4) is 0 Å². The molecule has 2 nitrogen and oxygen atoms in total. The second-order valence-corrected chi connectivity index (χ2v) is 4.88. The molecule has 1 saturated heterocycles. The SMILES string of the molecule is CCCc1ccc(C2(C)CNCCN2)cc1. The van der Waals surface area contributed by atoms with Crippen molar-refractivity contribution in [1.29, 1.82) is 0 Å². The topological polar surface area (TPSA) is 24.1 Å². The second kappa shape index (κ2) is 4.98. The van der Waals surface area contributed by atoms with Gasteiger partial charge in [0.25, 0.3) is 0 Å². The lowest BCUT2D eigenvalue weighted by atomic mass is 9.89. The summed E-state index contributed by atoms with van der Waals surface area (Å²) in [5, 5.41) is 7.05. The molecule has 1 aromatic rings. The van der Waals surface area contributed by atoms with Crippen LogP contribution < -0.4 is 10.6 Å². The molecule has 0 bridgehead atoms. The van der Waals surface area contributed by atoms with Gasteiger partial charge < -0.3 is 10.6 Å². The highest BCUT2D eigenvalue weighted by Crippen LogP contribution is 2.22. The van der Waals surface area contributed by atoms with E-state index in [4.69, 9.17) is 0 Å². The Hall–Kier alpha value is -0.860. The van der Waals surface area contributed by atoms with Gasteiger partial charge >= 0.3 is 0 Å². The molecule has 0 aromatic heterocycles. The van der Waals surface area contributed by atoms with Gasteiger partial charge in [-0.1, -0.05) is 37.6 Å². The first kappa shape index (κ1) is 11.6. The van der Waals surface area contributed by atoms with Crippen LogP contribution in [0.2, 0.25) is 0 Å². The van der Waals surface area contributed by atoms with E-state index in [1.54, 1.807) is 0 Å². The van der Waals surface area contributed by atoms with Crippen LogP contribution in [0.25, 0.3) is 0 Å². The fourth-order valence-electron chi connectivity index (χ4n) is 2.36. The summed E-state index contributed by atoms with van der Waals surface area (Å²) in [5.41, 5.74) is 2.93. The molecule has 1 atom stereocenters. The zero-order valence-corrected chi connectivity index (χ0v) is 10.3. The third-order valence-corrected chi connectivity index (χ3v) is 3.43. The molecular weight excluding hydrogens is 196 g/mol. The standard InChI is InChI=1S/C14H22N2/c1-3-4-12-5-7-13(8-6-12)14(2)11-15-9-10-16-14/h5-8,15-16H,3-4,9-11H2,1-2H3. The Balaban J connectivity index is 2.13. The van der Waals surface area contributed by atoms with E-state index in [9.17, 15) is 0 Å². The van der Waals surface area contributed by atoms with Gasteiger partial charge in [-0.2, -0.15) is 0 Å². The van der Waals surface area contributed by atoms with Crippen molar-refractivity contribution in [2.75, 3.05) is 19.6 Å². The van der Waals surface area contributed by atoms with Crippen LogP contribution in [0, 0.1) is 0 Å². The van der Waals surface area contributed by atoms with Crippen LogP contribution in [0.3, 0.4) is 0 Å². The molecule has 0 spiro atoms. The van der Waals surface area contributed by atoms with E-state index >= 15 is 0 Å². The molecule has 1 fully saturated rings. The van der Waals surface area contributed by atoms with Gasteiger partial charge in [-0.3, -0.25) is 0 Å². The lowest BCUT2D eigenvalue weighted by Crippen LogP contribution is -2.54. The predicted octanol–water partition coefficient (Wildman–Crippen LogP) is 2.05. The van der Waals surface area contributed by atoms with Crippen molar-refractivity contribution >= 4 is 0 Å². The first-order chi connectivity index (χ1) is 7.74. The van der Waals surface area contributed by atoms with Gasteiger partial charge in [0.05, 0.1) is 5.54 Å². The van der Waals surface area contributed by atoms with Crippen LogP contribution in [0.15, 0.2) is 24.3 Å². The Bertz CT molecular complexity index is 323. The number of nitrogens with one attached hydrogen (secondary N) is 2. The number of rotatable bonds is 3. The van der Waals surface area contributed by atoms with Crippen molar-refractivity contribution in [2.45, 2.75) is 32.2 Å². The summed E-state index contributed by atoms with van der Waals surface area (Å²) < 4.78 is 0. The second-order valence-electron chi connectivity index (χ2n) is 4.88. The highest BCUT2D eigenvalue weighted by atomic mass is 15.1. The molecule has 1 aliphatic heterocycles. The highest BCUT2D eigenvalue weighted by Gasteiger charge is 2.27. The van der Waals surface area contributed by atoms with Gasteiger partial charge in [0, 0.05) is 19.6 Å².